The molecule has 0 spiro atoms. The maximum atomic E-state index is 15.7. The first-order valence-corrected chi connectivity index (χ1v) is 12.4. The standard InChI is InChI=1S/C25H25F2N7O3.C2H4O2/c1-2-36-20-14-17(37-11-8-26)13-18(21(20)27)19(12-15-4-6-16(7-5-15)22(28)29)23-32-25(35)34(33-23)24-30-9-3-10-31-24;1-2(3)4/h3-7,9-10,13-14,19H,2,8,11-12H2,1H3,(H3,28,29)(H,32,33,35);1H3,(H,3,4). The van der Waals surface area contributed by atoms with Gasteiger partial charge in [0.2, 0.25) is 0 Å². The number of aromatic nitrogens is 5. The van der Waals surface area contributed by atoms with Gasteiger partial charge < -0.3 is 20.3 Å². The Morgan fingerprint density at radius 2 is 1.85 bits per heavy atom. The minimum absolute atomic E-state index is 0.0510. The number of nitrogen functional groups attached to an aromatic ring is 1. The lowest BCUT2D eigenvalue weighted by molar-refractivity contribution is -0.134. The van der Waals surface area contributed by atoms with Gasteiger partial charge in [0.1, 0.15) is 30.7 Å². The Balaban J connectivity index is 0.00000108. The predicted molar refractivity (Wildman–Crippen MR) is 145 cm³/mol. The predicted octanol–water partition coefficient (Wildman–Crippen LogP) is 2.99. The lowest BCUT2D eigenvalue weighted by Gasteiger charge is -2.19. The second kappa shape index (κ2) is 14.3. The highest BCUT2D eigenvalue weighted by Gasteiger charge is 2.27. The average molecular weight is 570 g/mol. The molecule has 1 atom stereocenters. The van der Waals surface area contributed by atoms with Crippen LogP contribution in [0, 0.1) is 11.2 Å². The number of carboxylic acids is 1. The Labute approximate surface area is 233 Å². The van der Waals surface area contributed by atoms with Crippen LogP contribution >= 0.6 is 0 Å². The highest BCUT2D eigenvalue weighted by Crippen LogP contribution is 2.36. The number of aromatic amines is 1. The molecule has 2 heterocycles. The summed E-state index contributed by atoms with van der Waals surface area (Å²) in [4.78, 5) is 32.6. The molecule has 4 aromatic rings. The van der Waals surface area contributed by atoms with Crippen molar-refractivity contribution in [2.45, 2.75) is 26.2 Å². The van der Waals surface area contributed by atoms with E-state index < -0.39 is 30.1 Å². The van der Waals surface area contributed by atoms with Crippen LogP contribution in [-0.2, 0) is 11.2 Å². The molecule has 41 heavy (non-hydrogen) atoms. The largest absolute Gasteiger partial charge is 0.491 e. The Bertz CT molecular complexity index is 1520. The topological polar surface area (TPSA) is 182 Å². The molecule has 0 amide bonds. The van der Waals surface area contributed by atoms with E-state index in [1.165, 1.54) is 24.5 Å². The molecule has 12 nitrogen and oxygen atoms in total. The molecule has 0 fully saturated rings. The highest BCUT2D eigenvalue weighted by atomic mass is 19.1. The fraction of sp³-hybridized carbons (Fsp3) is 0.259. The van der Waals surface area contributed by atoms with Crippen LogP contribution in [0.4, 0.5) is 8.78 Å². The number of aliphatic carboxylic acids is 1. The quantitative estimate of drug-likeness (QED) is 0.156. The molecule has 0 aliphatic rings. The van der Waals surface area contributed by atoms with Crippen molar-refractivity contribution in [3.63, 3.8) is 0 Å². The van der Waals surface area contributed by atoms with Crippen molar-refractivity contribution in [1.82, 2.24) is 24.7 Å². The molecule has 216 valence electrons. The zero-order chi connectivity index (χ0) is 29.9. The number of halogens is 2. The smallest absolute Gasteiger partial charge is 0.350 e. The molecule has 0 bridgehead atoms. The third-order valence-electron chi connectivity index (χ3n) is 5.47. The summed E-state index contributed by atoms with van der Waals surface area (Å²) in [5.41, 5.74) is 6.38. The number of carbonyl (C=O) groups is 1. The SMILES string of the molecule is CC(=O)O.CCOc1cc(OCCF)cc(C(Cc2ccc(C(=N)N)cc2)c2nn(-c3ncccn3)c(=O)[nH]2)c1F. The molecule has 2 aromatic heterocycles. The summed E-state index contributed by atoms with van der Waals surface area (Å²) < 4.78 is 40.4. The summed E-state index contributed by atoms with van der Waals surface area (Å²) in [6.45, 7) is 2.04. The second-order valence-electron chi connectivity index (χ2n) is 8.46. The maximum Gasteiger partial charge on any atom is 0.350 e. The monoisotopic (exact) mass is 569 g/mol. The van der Waals surface area contributed by atoms with Gasteiger partial charge >= 0.3 is 5.69 Å². The molecule has 1 unspecified atom stereocenters. The number of hydrogen-bond donors (Lipinski definition) is 4. The van der Waals surface area contributed by atoms with Gasteiger partial charge in [-0.1, -0.05) is 24.3 Å². The lowest BCUT2D eigenvalue weighted by Crippen LogP contribution is -2.18. The number of H-pyrrole nitrogens is 1. The number of ether oxygens (including phenoxy) is 2. The number of nitrogens with two attached hydrogens (primary N) is 1. The number of nitrogens with zero attached hydrogens (tertiary/aromatic N) is 4. The molecule has 0 aliphatic carbocycles. The number of carboxylic acid groups (broad SMARTS) is 1. The van der Waals surface area contributed by atoms with Gasteiger partial charge in [0.15, 0.2) is 11.6 Å². The van der Waals surface area contributed by atoms with Gasteiger partial charge in [0, 0.05) is 36.5 Å². The van der Waals surface area contributed by atoms with E-state index in [9.17, 15) is 9.18 Å². The van der Waals surface area contributed by atoms with Crippen LogP contribution in [0.25, 0.3) is 5.95 Å². The highest BCUT2D eigenvalue weighted by molar-refractivity contribution is 5.94. The van der Waals surface area contributed by atoms with Crippen LogP contribution in [0.15, 0.2) is 59.7 Å². The molecule has 14 heteroatoms. The first kappa shape index (κ1) is 30.4. The van der Waals surface area contributed by atoms with E-state index in [2.05, 4.69) is 20.1 Å². The van der Waals surface area contributed by atoms with Crippen LogP contribution in [-0.4, -0.2) is 61.5 Å². The molecule has 0 saturated heterocycles. The average Bonchev–Trinajstić information content (AvgIpc) is 3.34. The molecular weight excluding hydrogens is 540 g/mol. The molecule has 5 N–H and O–H groups in total. The lowest BCUT2D eigenvalue weighted by atomic mass is 9.90. The van der Waals surface area contributed by atoms with Crippen LogP contribution in [0.2, 0.25) is 0 Å². The van der Waals surface area contributed by atoms with Crippen molar-refractivity contribution in [3.05, 3.63) is 93.7 Å². The number of hydrogen-bond acceptors (Lipinski definition) is 8. The first-order valence-electron chi connectivity index (χ1n) is 12.4. The molecular formula is C27H29F2N7O5. The molecule has 0 saturated carbocycles. The van der Waals surface area contributed by atoms with Gasteiger partial charge in [0.25, 0.3) is 11.9 Å². The van der Waals surface area contributed by atoms with Crippen LogP contribution in [0.1, 0.15) is 42.3 Å². The van der Waals surface area contributed by atoms with E-state index in [1.54, 1.807) is 37.3 Å². The van der Waals surface area contributed by atoms with E-state index in [0.29, 0.717) is 5.56 Å². The normalized spacial score (nSPS) is 11.2. The molecule has 0 aliphatic heterocycles. The van der Waals surface area contributed by atoms with Crippen molar-refractivity contribution in [2.24, 2.45) is 5.73 Å². The second-order valence-corrected chi connectivity index (χ2v) is 8.46. The van der Waals surface area contributed by atoms with E-state index in [-0.39, 0.29) is 54.3 Å². The summed E-state index contributed by atoms with van der Waals surface area (Å²) in [6, 6.07) is 11.3. The van der Waals surface area contributed by atoms with E-state index >= 15 is 4.39 Å². The van der Waals surface area contributed by atoms with Crippen molar-refractivity contribution in [3.8, 4) is 17.4 Å². The van der Waals surface area contributed by atoms with E-state index in [4.69, 9.17) is 30.5 Å². The number of nitrogens with one attached hydrogen (secondary N) is 2. The third-order valence-corrected chi connectivity index (χ3v) is 5.47. The summed E-state index contributed by atoms with van der Waals surface area (Å²) in [7, 11) is 0. The van der Waals surface area contributed by atoms with Crippen LogP contribution in [0.3, 0.4) is 0 Å². The van der Waals surface area contributed by atoms with E-state index in [1.807, 2.05) is 0 Å². The van der Waals surface area contributed by atoms with Crippen molar-refractivity contribution in [2.75, 3.05) is 19.9 Å². The third kappa shape index (κ3) is 8.17. The van der Waals surface area contributed by atoms with Crippen LogP contribution in [0.5, 0.6) is 11.5 Å². The number of rotatable bonds is 11. The number of alkyl halides is 1. The van der Waals surface area contributed by atoms with Gasteiger partial charge in [-0.25, -0.2) is 23.5 Å². The van der Waals surface area contributed by atoms with Gasteiger partial charge in [-0.2, -0.15) is 0 Å². The molecule has 4 rings (SSSR count). The first-order chi connectivity index (χ1) is 19.6. The molecule has 0 radical (unpaired) electrons. The van der Waals surface area contributed by atoms with Gasteiger partial charge in [0.05, 0.1) is 12.5 Å². The zero-order valence-corrected chi connectivity index (χ0v) is 22.3. The Morgan fingerprint density at radius 1 is 1.20 bits per heavy atom. The van der Waals surface area contributed by atoms with Gasteiger partial charge in [-0.3, -0.25) is 15.2 Å². The fourth-order valence-electron chi connectivity index (χ4n) is 3.79. The van der Waals surface area contributed by atoms with E-state index in [0.717, 1.165) is 17.2 Å². The maximum absolute atomic E-state index is 15.7. The summed E-state index contributed by atoms with van der Waals surface area (Å²) in [6.07, 6.45) is 3.14. The Kier molecular flexibility index (Phi) is 10.6. The zero-order valence-electron chi connectivity index (χ0n) is 22.3. The van der Waals surface area contributed by atoms with Gasteiger partial charge in [-0.15, -0.1) is 9.78 Å². The van der Waals surface area contributed by atoms with Crippen LogP contribution < -0.4 is 20.9 Å². The molecule has 2 aromatic carbocycles. The Hall–Kier alpha value is -5.14. The van der Waals surface area contributed by atoms with Crippen molar-refractivity contribution < 1.29 is 28.2 Å². The summed E-state index contributed by atoms with van der Waals surface area (Å²) in [5, 5.41) is 19.4. The summed E-state index contributed by atoms with van der Waals surface area (Å²) in [5.74, 6) is -2.05. The minimum Gasteiger partial charge on any atom is -0.491 e. The Morgan fingerprint density at radius 3 is 2.44 bits per heavy atom. The van der Waals surface area contributed by atoms with Crippen molar-refractivity contribution >= 4 is 11.8 Å². The van der Waals surface area contributed by atoms with Gasteiger partial charge in [-0.05, 0) is 31.0 Å². The minimum atomic E-state index is -0.833. The van der Waals surface area contributed by atoms with Crippen molar-refractivity contribution in [1.29, 1.82) is 5.41 Å². The number of benzene rings is 2. The summed E-state index contributed by atoms with van der Waals surface area (Å²) >= 11 is 0. The number of amidine groups is 1. The fourth-order valence-corrected chi connectivity index (χ4v) is 3.79.